The van der Waals surface area contributed by atoms with E-state index >= 15 is 0 Å². The number of nitrogens with zero attached hydrogens (tertiary/aromatic N) is 1. The highest BCUT2D eigenvalue weighted by Crippen LogP contribution is 2.37. The number of benzene rings is 4. The molecule has 0 aromatic heterocycles. The van der Waals surface area contributed by atoms with Gasteiger partial charge in [-0.2, -0.15) is 13.7 Å². The van der Waals surface area contributed by atoms with Crippen LogP contribution in [-0.2, 0) is 14.9 Å². The molecule has 0 saturated heterocycles. The first-order chi connectivity index (χ1) is 17.2. The van der Waals surface area contributed by atoms with Crippen molar-refractivity contribution in [1.82, 2.24) is 0 Å². The highest BCUT2D eigenvalue weighted by molar-refractivity contribution is 9.11. The van der Waals surface area contributed by atoms with Gasteiger partial charge in [0.15, 0.2) is 5.75 Å². The topological polar surface area (TPSA) is 96.3 Å². The van der Waals surface area contributed by atoms with E-state index in [2.05, 4.69) is 37.2 Å². The van der Waals surface area contributed by atoms with Gasteiger partial charge in [-0.3, -0.25) is 4.79 Å². The number of nitrogens with one attached hydrogen (secondary N) is 1. The van der Waals surface area contributed by atoms with E-state index in [1.807, 2.05) is 49.4 Å². The number of anilines is 1. The fourth-order valence-corrected chi connectivity index (χ4v) is 5.95. The van der Waals surface area contributed by atoms with Crippen LogP contribution in [0.15, 0.2) is 98.3 Å². The average molecular weight is 626 g/mol. The number of hydrogen-bond donors (Lipinski definition) is 1. The molecule has 6 nitrogen and oxygen atoms in total. The number of amides is 1. The fraction of sp³-hybridized carbons (Fsp3) is 0.0370. The lowest BCUT2D eigenvalue weighted by molar-refractivity contribution is -0.112. The molecule has 0 aliphatic heterocycles. The molecule has 180 valence electrons. The number of carbonyl (C=O) groups excluding carboxylic acids is 1. The Labute approximate surface area is 225 Å². The van der Waals surface area contributed by atoms with Crippen molar-refractivity contribution in [2.45, 2.75) is 11.8 Å². The van der Waals surface area contributed by atoms with Crippen molar-refractivity contribution in [1.29, 1.82) is 5.26 Å². The van der Waals surface area contributed by atoms with Crippen LogP contribution in [0.25, 0.3) is 16.8 Å². The molecule has 0 atom stereocenters. The third kappa shape index (κ3) is 5.85. The predicted octanol–water partition coefficient (Wildman–Crippen LogP) is 6.99. The van der Waals surface area contributed by atoms with E-state index < -0.39 is 16.0 Å². The normalized spacial score (nSPS) is 11.7. The molecule has 1 amide bonds. The van der Waals surface area contributed by atoms with Gasteiger partial charge in [0.05, 0.1) is 8.95 Å². The molecule has 4 aromatic rings. The Morgan fingerprint density at radius 2 is 1.58 bits per heavy atom. The maximum Gasteiger partial charge on any atom is 0.339 e. The number of halogens is 2. The van der Waals surface area contributed by atoms with Crippen LogP contribution in [0.1, 0.15) is 11.1 Å². The number of rotatable bonds is 6. The van der Waals surface area contributed by atoms with Crippen molar-refractivity contribution in [2.75, 3.05) is 5.32 Å². The first-order valence-corrected chi connectivity index (χ1v) is 13.6. The Hall–Kier alpha value is -3.45. The van der Waals surface area contributed by atoms with Crippen LogP contribution >= 0.6 is 31.9 Å². The van der Waals surface area contributed by atoms with E-state index in [1.54, 1.807) is 30.3 Å². The molecule has 0 bridgehead atoms. The minimum atomic E-state index is -4.07. The lowest BCUT2D eigenvalue weighted by Crippen LogP contribution is -2.13. The lowest BCUT2D eigenvalue weighted by Gasteiger charge is -2.12. The Bertz CT molecular complexity index is 1630. The molecule has 0 aliphatic rings. The molecule has 36 heavy (non-hydrogen) atoms. The molecule has 4 aromatic carbocycles. The molecule has 0 spiro atoms. The van der Waals surface area contributed by atoms with Gasteiger partial charge in [0, 0.05) is 5.69 Å². The van der Waals surface area contributed by atoms with Gasteiger partial charge in [0.25, 0.3) is 5.91 Å². The molecule has 0 radical (unpaired) electrons. The summed E-state index contributed by atoms with van der Waals surface area (Å²) >= 11 is 6.66. The van der Waals surface area contributed by atoms with Crippen molar-refractivity contribution in [3.05, 3.63) is 105 Å². The number of nitriles is 1. The van der Waals surface area contributed by atoms with Gasteiger partial charge in [-0.05, 0) is 97.6 Å². The van der Waals surface area contributed by atoms with Crippen molar-refractivity contribution >= 4 is 70.4 Å². The van der Waals surface area contributed by atoms with Crippen LogP contribution in [-0.4, -0.2) is 14.3 Å². The summed E-state index contributed by atoms with van der Waals surface area (Å²) in [6.45, 7) is 1.86. The number of hydrogen-bond acceptors (Lipinski definition) is 5. The maximum atomic E-state index is 12.8. The van der Waals surface area contributed by atoms with Gasteiger partial charge in [-0.15, -0.1) is 0 Å². The van der Waals surface area contributed by atoms with Gasteiger partial charge < -0.3 is 9.50 Å². The summed E-state index contributed by atoms with van der Waals surface area (Å²) in [5.41, 5.74) is 1.85. The van der Waals surface area contributed by atoms with Gasteiger partial charge in [0.1, 0.15) is 16.5 Å². The largest absolute Gasteiger partial charge is 0.377 e. The molecule has 1 N–H and O–H groups in total. The highest BCUT2D eigenvalue weighted by atomic mass is 79.9. The minimum absolute atomic E-state index is 0.0213. The quantitative estimate of drug-likeness (QED) is 0.142. The Kier molecular flexibility index (Phi) is 7.59. The smallest absolute Gasteiger partial charge is 0.339 e. The summed E-state index contributed by atoms with van der Waals surface area (Å²) in [6, 6.07) is 24.6. The number of aryl methyl sites for hydroxylation is 1. The Balaban J connectivity index is 1.57. The van der Waals surface area contributed by atoms with Crippen molar-refractivity contribution in [3.63, 3.8) is 0 Å². The van der Waals surface area contributed by atoms with E-state index in [9.17, 15) is 18.5 Å². The van der Waals surface area contributed by atoms with Crippen LogP contribution in [0.2, 0.25) is 0 Å². The van der Waals surface area contributed by atoms with Gasteiger partial charge >= 0.3 is 10.1 Å². The minimum Gasteiger partial charge on any atom is -0.377 e. The average Bonchev–Trinajstić information content (AvgIpc) is 2.85. The summed E-state index contributed by atoms with van der Waals surface area (Å²) in [6.07, 6.45) is 1.41. The fourth-order valence-electron chi connectivity index (χ4n) is 3.39. The zero-order valence-corrected chi connectivity index (χ0v) is 22.8. The van der Waals surface area contributed by atoms with Gasteiger partial charge in [-0.25, -0.2) is 0 Å². The Morgan fingerprint density at radius 3 is 2.22 bits per heavy atom. The van der Waals surface area contributed by atoms with Crippen molar-refractivity contribution in [3.8, 4) is 11.8 Å². The molecular formula is C27H18Br2N2O4S. The summed E-state index contributed by atoms with van der Waals surface area (Å²) in [5, 5.41) is 14.3. The molecule has 0 unspecified atom stereocenters. The summed E-state index contributed by atoms with van der Waals surface area (Å²) in [4.78, 5) is 12.8. The van der Waals surface area contributed by atoms with Crippen molar-refractivity contribution < 1.29 is 17.4 Å². The van der Waals surface area contributed by atoms with E-state index in [0.717, 1.165) is 16.3 Å². The second-order valence-corrected chi connectivity index (χ2v) is 11.1. The number of carbonyl (C=O) groups is 1. The van der Waals surface area contributed by atoms with Crippen LogP contribution in [0, 0.1) is 18.3 Å². The molecule has 4 rings (SSSR count). The van der Waals surface area contributed by atoms with Crippen LogP contribution < -0.4 is 9.50 Å². The van der Waals surface area contributed by atoms with Crippen LogP contribution in [0.3, 0.4) is 0 Å². The standard InChI is InChI=1S/C27H18Br2N2O4S/c1-17-6-10-23(11-7-17)36(33,34)35-26-24(28)13-18(14-25(26)29)12-21(16-30)27(32)31-22-9-8-19-4-2-3-5-20(19)15-22/h2-15H,1H3,(H,31,32)/b21-12+. The second-order valence-electron chi connectivity index (χ2n) is 7.85. The van der Waals surface area contributed by atoms with Crippen molar-refractivity contribution in [2.24, 2.45) is 0 Å². The van der Waals surface area contributed by atoms with Gasteiger partial charge in [0.2, 0.25) is 0 Å². The van der Waals surface area contributed by atoms with E-state index in [4.69, 9.17) is 4.18 Å². The van der Waals surface area contributed by atoms with E-state index in [0.29, 0.717) is 20.2 Å². The van der Waals surface area contributed by atoms with Gasteiger partial charge in [-0.1, -0.05) is 48.0 Å². The molecule has 0 fully saturated rings. The molecular weight excluding hydrogens is 608 g/mol. The number of fused-ring (bicyclic) bond motifs is 1. The van der Waals surface area contributed by atoms with E-state index in [-0.39, 0.29) is 16.2 Å². The molecule has 0 aliphatic carbocycles. The third-order valence-electron chi connectivity index (χ3n) is 5.21. The molecule has 0 saturated carbocycles. The zero-order chi connectivity index (χ0) is 25.9. The molecule has 9 heteroatoms. The lowest BCUT2D eigenvalue weighted by atomic mass is 10.1. The van der Waals surface area contributed by atoms with Crippen LogP contribution in [0.4, 0.5) is 5.69 Å². The SMILES string of the molecule is Cc1ccc(S(=O)(=O)Oc2c(Br)cc(/C=C(\C#N)C(=O)Nc3ccc4ccccc4c3)cc2Br)cc1. The van der Waals surface area contributed by atoms with E-state index in [1.165, 1.54) is 18.2 Å². The predicted molar refractivity (Wildman–Crippen MR) is 147 cm³/mol. The first-order valence-electron chi connectivity index (χ1n) is 10.6. The Morgan fingerprint density at radius 1 is 0.944 bits per heavy atom. The summed E-state index contributed by atoms with van der Waals surface area (Å²) in [5.74, 6) is -0.519. The first kappa shape index (κ1) is 25.6. The zero-order valence-electron chi connectivity index (χ0n) is 18.8. The third-order valence-corrected chi connectivity index (χ3v) is 7.62. The molecule has 0 heterocycles. The highest BCUT2D eigenvalue weighted by Gasteiger charge is 2.21. The summed E-state index contributed by atoms with van der Waals surface area (Å²) in [7, 11) is -4.07. The monoisotopic (exact) mass is 624 g/mol. The second kappa shape index (κ2) is 10.7. The van der Waals surface area contributed by atoms with Crippen LogP contribution in [0.5, 0.6) is 5.75 Å². The summed E-state index contributed by atoms with van der Waals surface area (Å²) < 4.78 is 31.4. The maximum absolute atomic E-state index is 12.8.